The summed E-state index contributed by atoms with van der Waals surface area (Å²) in [4.78, 5) is 16.6. The normalized spacial score (nSPS) is 14.7. The minimum absolute atomic E-state index is 0.132. The second kappa shape index (κ2) is 8.12. The molecule has 0 radical (unpaired) electrons. The lowest BCUT2D eigenvalue weighted by atomic mass is 10.2. The van der Waals surface area contributed by atoms with Crippen LogP contribution in [-0.4, -0.2) is 28.8 Å². The maximum absolute atomic E-state index is 13.1. The number of aromatic nitrogens is 2. The summed E-state index contributed by atoms with van der Waals surface area (Å²) in [6.07, 6.45) is 1.56. The Morgan fingerprint density at radius 1 is 1.17 bits per heavy atom. The van der Waals surface area contributed by atoms with Gasteiger partial charge in [-0.15, -0.1) is 0 Å². The second-order valence-corrected chi connectivity index (χ2v) is 7.00. The van der Waals surface area contributed by atoms with E-state index in [1.54, 1.807) is 61.2 Å². The summed E-state index contributed by atoms with van der Waals surface area (Å²) in [7, 11) is 1.57. The van der Waals surface area contributed by atoms with Crippen molar-refractivity contribution in [2.24, 2.45) is 4.99 Å². The summed E-state index contributed by atoms with van der Waals surface area (Å²) in [5.41, 5.74) is 2.84. The summed E-state index contributed by atoms with van der Waals surface area (Å²) in [6, 6.07) is 13.1. The Kier molecular flexibility index (Phi) is 5.37. The molecule has 0 saturated carbocycles. The van der Waals surface area contributed by atoms with E-state index in [2.05, 4.69) is 10.1 Å². The van der Waals surface area contributed by atoms with Gasteiger partial charge in [0, 0.05) is 11.1 Å². The van der Waals surface area contributed by atoms with Gasteiger partial charge in [-0.1, -0.05) is 23.7 Å². The van der Waals surface area contributed by atoms with Crippen LogP contribution in [0.2, 0.25) is 5.15 Å². The molecule has 6 nitrogen and oxygen atoms in total. The lowest BCUT2D eigenvalue weighted by Crippen LogP contribution is -2.05. The van der Waals surface area contributed by atoms with E-state index in [4.69, 9.17) is 21.1 Å². The number of esters is 1. The molecule has 0 aliphatic carbocycles. The number of rotatable bonds is 5. The first-order valence-electron chi connectivity index (χ1n) is 9.09. The number of methoxy groups -OCH3 is 1. The van der Waals surface area contributed by atoms with Gasteiger partial charge in [0.05, 0.1) is 19.3 Å². The molecule has 0 saturated heterocycles. The molecule has 0 atom stereocenters. The van der Waals surface area contributed by atoms with Crippen molar-refractivity contribution in [3.63, 3.8) is 0 Å². The van der Waals surface area contributed by atoms with Gasteiger partial charge in [0.15, 0.2) is 5.70 Å². The summed E-state index contributed by atoms with van der Waals surface area (Å²) in [5, 5.41) is 4.78. The number of aryl methyl sites for hydroxylation is 1. The van der Waals surface area contributed by atoms with E-state index in [9.17, 15) is 9.18 Å². The predicted molar refractivity (Wildman–Crippen MR) is 111 cm³/mol. The molecular weight excluding hydrogens is 409 g/mol. The molecule has 3 aromatic rings. The van der Waals surface area contributed by atoms with Gasteiger partial charge in [0.2, 0.25) is 5.90 Å². The summed E-state index contributed by atoms with van der Waals surface area (Å²) >= 11 is 6.49. The number of aliphatic imine (C=N–C) groups is 1. The highest BCUT2D eigenvalue weighted by atomic mass is 35.5. The van der Waals surface area contributed by atoms with Crippen LogP contribution in [0.3, 0.4) is 0 Å². The number of carbonyl (C=O) groups excluding carboxylic acids is 1. The van der Waals surface area contributed by atoms with Gasteiger partial charge < -0.3 is 9.47 Å². The van der Waals surface area contributed by atoms with Crippen molar-refractivity contribution >= 4 is 29.5 Å². The summed E-state index contributed by atoms with van der Waals surface area (Å²) < 4.78 is 25.1. The van der Waals surface area contributed by atoms with Crippen LogP contribution >= 0.6 is 11.6 Å². The molecule has 0 bridgehead atoms. The summed E-state index contributed by atoms with van der Waals surface area (Å²) in [5.74, 6) is 0.0246. The fourth-order valence-electron chi connectivity index (χ4n) is 3.00. The van der Waals surface area contributed by atoms with Crippen LogP contribution in [0.4, 0.5) is 4.39 Å². The smallest absolute Gasteiger partial charge is 0.363 e. The minimum Gasteiger partial charge on any atom is -0.497 e. The Bertz CT molecular complexity index is 1170. The zero-order valence-electron chi connectivity index (χ0n) is 16.2. The monoisotopic (exact) mass is 425 g/mol. The second-order valence-electron chi connectivity index (χ2n) is 6.64. The molecule has 0 N–H and O–H groups in total. The Morgan fingerprint density at radius 3 is 2.53 bits per heavy atom. The van der Waals surface area contributed by atoms with Gasteiger partial charge in [0.1, 0.15) is 16.7 Å². The third-order valence-electron chi connectivity index (χ3n) is 4.59. The van der Waals surface area contributed by atoms with Gasteiger partial charge in [-0.25, -0.2) is 18.9 Å². The molecule has 2 heterocycles. The number of benzene rings is 2. The summed E-state index contributed by atoms with van der Waals surface area (Å²) in [6.45, 7) is 2.15. The third-order valence-corrected chi connectivity index (χ3v) is 4.99. The van der Waals surface area contributed by atoms with E-state index in [1.807, 2.05) is 0 Å². The zero-order chi connectivity index (χ0) is 21.3. The van der Waals surface area contributed by atoms with Crippen LogP contribution in [0.5, 0.6) is 5.75 Å². The van der Waals surface area contributed by atoms with E-state index in [-0.39, 0.29) is 17.4 Å². The van der Waals surface area contributed by atoms with E-state index < -0.39 is 5.97 Å². The number of carbonyl (C=O) groups is 1. The maximum atomic E-state index is 13.1. The molecule has 0 fully saturated rings. The Balaban J connectivity index is 1.62. The number of hydrogen-bond donors (Lipinski definition) is 0. The van der Waals surface area contributed by atoms with Crippen LogP contribution in [0.1, 0.15) is 22.4 Å². The molecule has 2 aromatic carbocycles. The molecular formula is C22H17ClFN3O3. The van der Waals surface area contributed by atoms with Crippen LogP contribution in [-0.2, 0) is 16.1 Å². The molecule has 1 aliphatic heterocycles. The van der Waals surface area contributed by atoms with Crippen LogP contribution < -0.4 is 4.74 Å². The molecule has 0 unspecified atom stereocenters. The first kappa shape index (κ1) is 19.8. The van der Waals surface area contributed by atoms with Crippen LogP contribution in [0.25, 0.3) is 6.08 Å². The Morgan fingerprint density at radius 2 is 1.87 bits per heavy atom. The predicted octanol–water partition coefficient (Wildman–Crippen LogP) is 4.39. The number of ether oxygens (including phenoxy) is 2. The van der Waals surface area contributed by atoms with E-state index in [0.717, 1.165) is 5.56 Å². The average molecular weight is 426 g/mol. The Labute approximate surface area is 177 Å². The van der Waals surface area contributed by atoms with Crippen LogP contribution in [0.15, 0.2) is 59.2 Å². The van der Waals surface area contributed by atoms with Crippen molar-refractivity contribution in [1.82, 2.24) is 9.78 Å². The lowest BCUT2D eigenvalue weighted by Gasteiger charge is -2.03. The van der Waals surface area contributed by atoms with Gasteiger partial charge >= 0.3 is 5.97 Å². The van der Waals surface area contributed by atoms with Crippen molar-refractivity contribution < 1.29 is 18.7 Å². The molecule has 1 aromatic heterocycles. The van der Waals surface area contributed by atoms with Crippen molar-refractivity contribution in [3.8, 4) is 5.75 Å². The zero-order valence-corrected chi connectivity index (χ0v) is 17.0. The molecule has 4 rings (SSSR count). The first-order valence-corrected chi connectivity index (χ1v) is 9.46. The number of nitrogens with zero attached hydrogens (tertiary/aromatic N) is 3. The van der Waals surface area contributed by atoms with Crippen molar-refractivity contribution in [3.05, 3.63) is 87.6 Å². The van der Waals surface area contributed by atoms with E-state index in [0.29, 0.717) is 34.3 Å². The standard InChI is InChI=1S/C22H17ClFN3O3/c1-13-18(20(23)27(26-13)12-14-3-7-16(24)8-4-14)11-19-22(28)30-21(25-19)15-5-9-17(29-2)10-6-15/h3-11H,12H2,1-2H3/b19-11+. The highest BCUT2D eigenvalue weighted by Gasteiger charge is 2.25. The fourth-order valence-corrected chi connectivity index (χ4v) is 3.29. The van der Waals surface area contributed by atoms with E-state index >= 15 is 0 Å². The minimum atomic E-state index is -0.567. The lowest BCUT2D eigenvalue weighted by molar-refractivity contribution is -0.129. The third kappa shape index (κ3) is 3.97. The topological polar surface area (TPSA) is 65.7 Å². The maximum Gasteiger partial charge on any atom is 0.363 e. The van der Waals surface area contributed by atoms with Gasteiger partial charge in [-0.05, 0) is 55.0 Å². The molecule has 1 aliphatic rings. The highest BCUT2D eigenvalue weighted by molar-refractivity contribution is 6.31. The fraction of sp³-hybridized carbons (Fsp3) is 0.136. The average Bonchev–Trinajstić information content (AvgIpc) is 3.24. The molecule has 152 valence electrons. The van der Waals surface area contributed by atoms with Gasteiger partial charge in [-0.2, -0.15) is 5.10 Å². The highest BCUT2D eigenvalue weighted by Crippen LogP contribution is 2.27. The van der Waals surface area contributed by atoms with Gasteiger partial charge in [0.25, 0.3) is 0 Å². The SMILES string of the molecule is COc1ccc(C2=N/C(=C/c3c(C)nn(Cc4ccc(F)cc4)c3Cl)C(=O)O2)cc1. The van der Waals surface area contributed by atoms with Crippen molar-refractivity contribution in [2.75, 3.05) is 7.11 Å². The number of hydrogen-bond acceptors (Lipinski definition) is 5. The van der Waals surface area contributed by atoms with Crippen molar-refractivity contribution in [2.45, 2.75) is 13.5 Å². The van der Waals surface area contributed by atoms with Gasteiger partial charge in [-0.3, -0.25) is 0 Å². The van der Waals surface area contributed by atoms with Crippen molar-refractivity contribution in [1.29, 1.82) is 0 Å². The van der Waals surface area contributed by atoms with Crippen LogP contribution in [0, 0.1) is 12.7 Å². The number of halogens is 2. The largest absolute Gasteiger partial charge is 0.497 e. The Hall–Kier alpha value is -3.45. The number of cyclic esters (lactones) is 1. The molecule has 0 spiro atoms. The molecule has 30 heavy (non-hydrogen) atoms. The quantitative estimate of drug-likeness (QED) is 0.449. The first-order chi connectivity index (χ1) is 14.4. The molecule has 8 heteroatoms. The molecule has 0 amide bonds. The van der Waals surface area contributed by atoms with E-state index in [1.165, 1.54) is 12.1 Å².